The number of ether oxygens (including phenoxy) is 2. The predicted octanol–water partition coefficient (Wildman–Crippen LogP) is 4.66. The van der Waals surface area contributed by atoms with Crippen LogP contribution in [0, 0.1) is 6.92 Å². The van der Waals surface area contributed by atoms with Crippen LogP contribution in [0.1, 0.15) is 36.4 Å². The molecule has 3 heterocycles. The van der Waals surface area contributed by atoms with Crippen LogP contribution in [0.3, 0.4) is 0 Å². The lowest BCUT2D eigenvalue weighted by atomic mass is 10.0. The van der Waals surface area contributed by atoms with Gasteiger partial charge >= 0.3 is 0 Å². The molecular weight excluding hydrogens is 426 g/mol. The summed E-state index contributed by atoms with van der Waals surface area (Å²) >= 11 is 1.28. The molecule has 0 spiro atoms. The molecule has 0 saturated carbocycles. The van der Waals surface area contributed by atoms with Gasteiger partial charge in [-0.25, -0.2) is 0 Å². The van der Waals surface area contributed by atoms with Gasteiger partial charge in [-0.3, -0.25) is 4.79 Å². The van der Waals surface area contributed by atoms with Gasteiger partial charge < -0.3 is 18.8 Å². The second-order valence-corrected chi connectivity index (χ2v) is 8.96. The normalized spacial score (nSPS) is 17.9. The van der Waals surface area contributed by atoms with Crippen molar-refractivity contribution in [1.29, 1.82) is 0 Å². The molecule has 166 valence electrons. The number of carbonyl (C=O) groups excluding carboxylic acids is 1. The zero-order valence-electron chi connectivity index (χ0n) is 18.0. The quantitative estimate of drug-likeness (QED) is 0.522. The van der Waals surface area contributed by atoms with E-state index in [1.807, 2.05) is 54.3 Å². The Morgan fingerprint density at radius 2 is 1.97 bits per heavy atom. The first-order valence-corrected chi connectivity index (χ1v) is 11.9. The summed E-state index contributed by atoms with van der Waals surface area (Å²) in [5, 5.41) is 8.63. The van der Waals surface area contributed by atoms with Crippen molar-refractivity contribution in [2.24, 2.45) is 0 Å². The molecule has 0 aliphatic carbocycles. The predicted molar refractivity (Wildman–Crippen MR) is 121 cm³/mol. The van der Waals surface area contributed by atoms with Crippen molar-refractivity contribution in [2.45, 2.75) is 37.5 Å². The Hall–Kier alpha value is -3.00. The van der Waals surface area contributed by atoms with Gasteiger partial charge in [0.25, 0.3) is 5.22 Å². The Kier molecular flexibility index (Phi) is 6.03. The third kappa shape index (κ3) is 4.46. The number of nitrogens with zero attached hydrogens (tertiary/aromatic N) is 3. The average molecular weight is 452 g/mol. The molecule has 2 aliphatic rings. The van der Waals surface area contributed by atoms with Gasteiger partial charge in [-0.1, -0.05) is 35.5 Å². The molecule has 1 amide bonds. The van der Waals surface area contributed by atoms with Crippen molar-refractivity contribution in [3.05, 3.63) is 53.6 Å². The number of benzene rings is 2. The van der Waals surface area contributed by atoms with E-state index in [1.165, 1.54) is 11.8 Å². The molecular formula is C24H25N3O4S. The van der Waals surface area contributed by atoms with Crippen molar-refractivity contribution < 1.29 is 18.7 Å². The van der Waals surface area contributed by atoms with Crippen LogP contribution in [-0.2, 0) is 4.79 Å². The molecule has 8 heteroatoms. The van der Waals surface area contributed by atoms with Crippen LogP contribution >= 0.6 is 11.8 Å². The Bertz CT molecular complexity index is 1120. The van der Waals surface area contributed by atoms with Gasteiger partial charge in [0.2, 0.25) is 11.8 Å². The molecule has 0 unspecified atom stereocenters. The maximum Gasteiger partial charge on any atom is 0.277 e. The maximum atomic E-state index is 13.0. The summed E-state index contributed by atoms with van der Waals surface area (Å²) in [5.41, 5.74) is 3.09. The Balaban J connectivity index is 1.24. The number of hydrogen-bond donors (Lipinski definition) is 0. The molecule has 1 aromatic heterocycles. The summed E-state index contributed by atoms with van der Waals surface area (Å²) in [4.78, 5) is 15.0. The van der Waals surface area contributed by atoms with Gasteiger partial charge in [0, 0.05) is 18.5 Å². The van der Waals surface area contributed by atoms with E-state index in [0.717, 1.165) is 54.0 Å². The van der Waals surface area contributed by atoms with E-state index >= 15 is 0 Å². The highest BCUT2D eigenvalue weighted by molar-refractivity contribution is 7.99. The molecule has 0 bridgehead atoms. The van der Waals surface area contributed by atoms with Crippen molar-refractivity contribution in [3.63, 3.8) is 0 Å². The fourth-order valence-electron chi connectivity index (χ4n) is 4.17. The molecule has 32 heavy (non-hydrogen) atoms. The molecule has 5 rings (SSSR count). The molecule has 3 aromatic rings. The second kappa shape index (κ2) is 9.24. The SMILES string of the molecule is Cc1cccc(-c2nnc(SCC(=O)N3CCC[C@@H]3c3ccc4c(c3)OCCCO4)o2)c1. The molecule has 7 nitrogen and oxygen atoms in total. The number of fused-ring (bicyclic) bond motifs is 1. The van der Waals surface area contributed by atoms with Gasteiger partial charge in [0.05, 0.1) is 25.0 Å². The first kappa shape index (κ1) is 20.9. The second-order valence-electron chi connectivity index (χ2n) is 8.03. The molecule has 0 N–H and O–H groups in total. The smallest absolute Gasteiger partial charge is 0.277 e. The molecule has 2 aliphatic heterocycles. The minimum Gasteiger partial charge on any atom is -0.490 e. The molecule has 2 aromatic carbocycles. The molecule has 1 saturated heterocycles. The van der Waals surface area contributed by atoms with Crippen molar-refractivity contribution in [3.8, 4) is 23.0 Å². The van der Waals surface area contributed by atoms with E-state index in [1.54, 1.807) is 0 Å². The first-order chi connectivity index (χ1) is 15.7. The van der Waals surface area contributed by atoms with Crippen LogP contribution in [0.2, 0.25) is 0 Å². The zero-order chi connectivity index (χ0) is 21.9. The van der Waals surface area contributed by atoms with E-state index in [4.69, 9.17) is 13.9 Å². The van der Waals surface area contributed by atoms with Gasteiger partial charge in [-0.2, -0.15) is 0 Å². The summed E-state index contributed by atoms with van der Waals surface area (Å²) in [6, 6.07) is 14.0. The largest absolute Gasteiger partial charge is 0.490 e. The number of aromatic nitrogens is 2. The highest BCUT2D eigenvalue weighted by Gasteiger charge is 2.31. The summed E-state index contributed by atoms with van der Waals surface area (Å²) in [5.74, 6) is 2.34. The first-order valence-electron chi connectivity index (χ1n) is 10.9. The highest BCUT2D eigenvalue weighted by atomic mass is 32.2. The van der Waals surface area contributed by atoms with Crippen LogP contribution in [0.25, 0.3) is 11.5 Å². The zero-order valence-corrected chi connectivity index (χ0v) is 18.8. The number of rotatable bonds is 5. The standard InChI is InChI=1S/C24H25N3O4S/c1-16-5-2-6-18(13-16)23-25-26-24(31-23)32-15-22(28)27-10-3-7-19(27)17-8-9-20-21(14-17)30-12-4-11-29-20/h2,5-6,8-9,13-14,19H,3-4,7,10-12,15H2,1H3/t19-/m1/s1. The van der Waals surface area contributed by atoms with Gasteiger partial charge in [-0.05, 0) is 49.6 Å². The lowest BCUT2D eigenvalue weighted by Gasteiger charge is -2.25. The number of likely N-dealkylation sites (tertiary alicyclic amines) is 1. The molecule has 0 radical (unpaired) electrons. The lowest BCUT2D eigenvalue weighted by molar-refractivity contribution is -0.129. The summed E-state index contributed by atoms with van der Waals surface area (Å²) in [6.45, 7) is 4.08. The molecule has 1 fully saturated rings. The van der Waals surface area contributed by atoms with E-state index < -0.39 is 0 Å². The number of amides is 1. The topological polar surface area (TPSA) is 77.7 Å². The fraction of sp³-hybridized carbons (Fsp3) is 0.375. The van der Waals surface area contributed by atoms with E-state index in [0.29, 0.717) is 24.3 Å². The van der Waals surface area contributed by atoms with Gasteiger partial charge in [0.1, 0.15) is 0 Å². The van der Waals surface area contributed by atoms with Gasteiger partial charge in [-0.15, -0.1) is 10.2 Å². The Morgan fingerprint density at radius 1 is 1.09 bits per heavy atom. The number of thioether (sulfide) groups is 1. The highest BCUT2D eigenvalue weighted by Crippen LogP contribution is 2.38. The third-order valence-electron chi connectivity index (χ3n) is 5.72. The summed E-state index contributed by atoms with van der Waals surface area (Å²) in [6.07, 6.45) is 2.79. The number of aryl methyl sites for hydroxylation is 1. The minimum absolute atomic E-state index is 0.0470. The summed E-state index contributed by atoms with van der Waals surface area (Å²) in [7, 11) is 0. The van der Waals surface area contributed by atoms with Crippen molar-refractivity contribution >= 4 is 17.7 Å². The van der Waals surface area contributed by atoms with Gasteiger partial charge in [0.15, 0.2) is 11.5 Å². The average Bonchev–Trinajstić information content (AvgIpc) is 3.42. The van der Waals surface area contributed by atoms with Crippen molar-refractivity contribution in [2.75, 3.05) is 25.5 Å². The van der Waals surface area contributed by atoms with Crippen LogP contribution < -0.4 is 9.47 Å². The third-order valence-corrected chi connectivity index (χ3v) is 6.52. The van der Waals surface area contributed by atoms with E-state index in [-0.39, 0.29) is 17.7 Å². The number of carbonyl (C=O) groups is 1. The van der Waals surface area contributed by atoms with Crippen LogP contribution in [0.15, 0.2) is 52.1 Å². The Labute approximate surface area is 191 Å². The monoisotopic (exact) mass is 451 g/mol. The minimum atomic E-state index is 0.0470. The van der Waals surface area contributed by atoms with E-state index in [9.17, 15) is 4.79 Å². The van der Waals surface area contributed by atoms with E-state index in [2.05, 4.69) is 10.2 Å². The van der Waals surface area contributed by atoms with Crippen molar-refractivity contribution in [1.82, 2.24) is 15.1 Å². The number of hydrogen-bond acceptors (Lipinski definition) is 7. The lowest BCUT2D eigenvalue weighted by Crippen LogP contribution is -2.32. The maximum absolute atomic E-state index is 13.0. The van der Waals surface area contributed by atoms with Crippen LogP contribution in [-0.4, -0.2) is 46.5 Å². The van der Waals surface area contributed by atoms with Crippen LogP contribution in [0.4, 0.5) is 0 Å². The summed E-state index contributed by atoms with van der Waals surface area (Å²) < 4.78 is 17.3. The van der Waals surface area contributed by atoms with Crippen LogP contribution in [0.5, 0.6) is 11.5 Å². The fourth-order valence-corrected chi connectivity index (χ4v) is 4.82. The Morgan fingerprint density at radius 3 is 2.84 bits per heavy atom. The molecule has 1 atom stereocenters.